The summed E-state index contributed by atoms with van der Waals surface area (Å²) in [6.45, 7) is 1.02. The highest BCUT2D eigenvalue weighted by Gasteiger charge is 2.24. The molecule has 0 saturated carbocycles. The Morgan fingerprint density at radius 1 is 1.46 bits per heavy atom. The summed E-state index contributed by atoms with van der Waals surface area (Å²) in [7, 11) is -3.04. The van der Waals surface area contributed by atoms with Gasteiger partial charge in [0, 0.05) is 19.1 Å². The molecule has 0 atom stereocenters. The van der Waals surface area contributed by atoms with Gasteiger partial charge >= 0.3 is 0 Å². The number of hydrogen-bond acceptors (Lipinski definition) is 4. The van der Waals surface area contributed by atoms with Gasteiger partial charge in [0.25, 0.3) is 0 Å². The molecule has 1 N–H and O–H groups in total. The molecule has 1 fully saturated rings. The first-order valence-corrected chi connectivity index (χ1v) is 5.98. The molecule has 0 aromatic carbocycles. The number of hydrogen-bond donors (Lipinski definition) is 1. The Morgan fingerprint density at radius 2 is 2.00 bits per heavy atom. The molecule has 1 aliphatic heterocycles. The fraction of sp³-hybridized carbons (Fsp3) is 0.857. The lowest BCUT2D eigenvalue weighted by Gasteiger charge is -2.29. The molecule has 1 heterocycles. The van der Waals surface area contributed by atoms with Crippen LogP contribution in [0.3, 0.4) is 0 Å². The Hall–Kier alpha value is -0.800. The van der Waals surface area contributed by atoms with Gasteiger partial charge < -0.3 is 5.32 Å². The van der Waals surface area contributed by atoms with E-state index in [1.54, 1.807) is 0 Å². The SMILES string of the molecule is CS(=O)(=O)N1CCC(NC#N)CC1. The third-order valence-electron chi connectivity index (χ3n) is 2.19. The second kappa shape index (κ2) is 3.94. The summed E-state index contributed by atoms with van der Waals surface area (Å²) >= 11 is 0. The van der Waals surface area contributed by atoms with Gasteiger partial charge in [0.05, 0.1) is 6.26 Å². The van der Waals surface area contributed by atoms with Crippen LogP contribution in [0.2, 0.25) is 0 Å². The Bertz CT molecular complexity index is 298. The van der Waals surface area contributed by atoms with Crippen LogP contribution in [0.25, 0.3) is 0 Å². The summed E-state index contributed by atoms with van der Waals surface area (Å²) in [6.07, 6.45) is 4.50. The van der Waals surface area contributed by atoms with Gasteiger partial charge in [0.2, 0.25) is 10.0 Å². The van der Waals surface area contributed by atoms with Crippen LogP contribution in [0.1, 0.15) is 12.8 Å². The van der Waals surface area contributed by atoms with E-state index in [9.17, 15) is 8.42 Å². The van der Waals surface area contributed by atoms with Crippen molar-refractivity contribution >= 4 is 10.0 Å². The highest BCUT2D eigenvalue weighted by molar-refractivity contribution is 7.88. The maximum atomic E-state index is 11.1. The molecule has 1 aliphatic rings. The van der Waals surface area contributed by atoms with E-state index in [4.69, 9.17) is 5.26 Å². The van der Waals surface area contributed by atoms with Crippen molar-refractivity contribution in [3.63, 3.8) is 0 Å². The molecule has 1 saturated heterocycles. The Labute approximate surface area is 78.4 Å². The molecule has 13 heavy (non-hydrogen) atoms. The van der Waals surface area contributed by atoms with E-state index in [1.165, 1.54) is 10.6 Å². The molecule has 0 radical (unpaired) electrons. The van der Waals surface area contributed by atoms with Crippen LogP contribution in [0.5, 0.6) is 0 Å². The third-order valence-corrected chi connectivity index (χ3v) is 3.49. The highest BCUT2D eigenvalue weighted by Crippen LogP contribution is 2.12. The number of nitriles is 1. The standard InChI is InChI=1S/C7H13N3O2S/c1-13(11,12)10-4-2-7(3-5-10)9-6-8/h7,9H,2-5H2,1H3. The zero-order valence-corrected chi connectivity index (χ0v) is 8.34. The van der Waals surface area contributed by atoms with Crippen LogP contribution >= 0.6 is 0 Å². The van der Waals surface area contributed by atoms with Crippen molar-refractivity contribution in [2.24, 2.45) is 0 Å². The first-order chi connectivity index (χ1) is 6.04. The van der Waals surface area contributed by atoms with Crippen LogP contribution in [0.4, 0.5) is 0 Å². The van der Waals surface area contributed by atoms with E-state index in [0.29, 0.717) is 25.9 Å². The fourth-order valence-electron chi connectivity index (χ4n) is 1.42. The monoisotopic (exact) mass is 203 g/mol. The molecule has 6 heteroatoms. The lowest BCUT2D eigenvalue weighted by molar-refractivity contribution is 0.306. The van der Waals surface area contributed by atoms with E-state index < -0.39 is 10.0 Å². The number of rotatable bonds is 2. The van der Waals surface area contributed by atoms with Crippen molar-refractivity contribution in [3.05, 3.63) is 0 Å². The zero-order valence-electron chi connectivity index (χ0n) is 7.52. The number of sulfonamides is 1. The van der Waals surface area contributed by atoms with E-state index in [1.807, 2.05) is 6.19 Å². The average molecular weight is 203 g/mol. The Kier molecular flexibility index (Phi) is 3.12. The summed E-state index contributed by atoms with van der Waals surface area (Å²) < 4.78 is 23.6. The third kappa shape index (κ3) is 2.86. The molecule has 0 unspecified atom stereocenters. The maximum Gasteiger partial charge on any atom is 0.211 e. The highest BCUT2D eigenvalue weighted by atomic mass is 32.2. The molecule has 74 valence electrons. The molecule has 1 rings (SSSR count). The topological polar surface area (TPSA) is 73.2 Å². The largest absolute Gasteiger partial charge is 0.321 e. The normalized spacial score (nSPS) is 20.9. The number of piperidine rings is 1. The van der Waals surface area contributed by atoms with Crippen molar-refractivity contribution in [1.82, 2.24) is 9.62 Å². The molecule has 0 aromatic rings. The molecule has 0 spiro atoms. The van der Waals surface area contributed by atoms with Crippen molar-refractivity contribution < 1.29 is 8.42 Å². The molecule has 5 nitrogen and oxygen atoms in total. The van der Waals surface area contributed by atoms with Gasteiger partial charge in [-0.1, -0.05) is 0 Å². The van der Waals surface area contributed by atoms with Crippen LogP contribution in [-0.2, 0) is 10.0 Å². The van der Waals surface area contributed by atoms with Crippen molar-refractivity contribution in [2.45, 2.75) is 18.9 Å². The maximum absolute atomic E-state index is 11.1. The van der Waals surface area contributed by atoms with Gasteiger partial charge in [-0.3, -0.25) is 0 Å². The summed E-state index contributed by atoms with van der Waals surface area (Å²) in [6, 6.07) is 0.142. The summed E-state index contributed by atoms with van der Waals surface area (Å²) in [5, 5.41) is 11.0. The van der Waals surface area contributed by atoms with Crippen LogP contribution in [-0.4, -0.2) is 38.1 Å². The molecule has 0 amide bonds. The lowest BCUT2D eigenvalue weighted by Crippen LogP contribution is -2.43. The molecule has 0 aromatic heterocycles. The van der Waals surface area contributed by atoms with Gasteiger partial charge in [-0.15, -0.1) is 0 Å². The second-order valence-corrected chi connectivity index (χ2v) is 5.17. The van der Waals surface area contributed by atoms with Crippen molar-refractivity contribution in [3.8, 4) is 6.19 Å². The minimum atomic E-state index is -3.04. The quantitative estimate of drug-likeness (QED) is 0.484. The Morgan fingerprint density at radius 3 is 2.38 bits per heavy atom. The first kappa shape index (κ1) is 10.3. The van der Waals surface area contributed by atoms with Crippen LogP contribution in [0, 0.1) is 11.5 Å². The predicted octanol–water partition coefficient (Wildman–Crippen LogP) is -0.519. The molecule has 0 aliphatic carbocycles. The smallest absolute Gasteiger partial charge is 0.211 e. The van der Waals surface area contributed by atoms with Gasteiger partial charge in [0.15, 0.2) is 6.19 Å². The van der Waals surface area contributed by atoms with Crippen LogP contribution < -0.4 is 5.32 Å². The molecular formula is C7H13N3O2S. The summed E-state index contributed by atoms with van der Waals surface area (Å²) in [4.78, 5) is 0. The van der Waals surface area contributed by atoms with Crippen molar-refractivity contribution in [1.29, 1.82) is 5.26 Å². The summed E-state index contributed by atoms with van der Waals surface area (Å²) in [5.74, 6) is 0. The Balaban J connectivity index is 2.45. The fourth-order valence-corrected chi connectivity index (χ4v) is 2.30. The van der Waals surface area contributed by atoms with Gasteiger partial charge in [0.1, 0.15) is 0 Å². The molecular weight excluding hydrogens is 190 g/mol. The average Bonchev–Trinajstić information content (AvgIpc) is 2.04. The first-order valence-electron chi connectivity index (χ1n) is 4.14. The van der Waals surface area contributed by atoms with E-state index in [0.717, 1.165) is 0 Å². The van der Waals surface area contributed by atoms with E-state index in [2.05, 4.69) is 5.32 Å². The lowest BCUT2D eigenvalue weighted by atomic mass is 10.1. The minimum Gasteiger partial charge on any atom is -0.321 e. The predicted molar refractivity (Wildman–Crippen MR) is 48.2 cm³/mol. The summed E-state index contributed by atoms with van der Waals surface area (Å²) in [5.41, 5.74) is 0. The van der Waals surface area contributed by atoms with E-state index >= 15 is 0 Å². The minimum absolute atomic E-state index is 0.142. The van der Waals surface area contributed by atoms with Gasteiger partial charge in [-0.2, -0.15) is 5.26 Å². The van der Waals surface area contributed by atoms with Gasteiger partial charge in [-0.25, -0.2) is 12.7 Å². The van der Waals surface area contributed by atoms with Crippen LogP contribution in [0.15, 0.2) is 0 Å². The van der Waals surface area contributed by atoms with Crippen molar-refractivity contribution in [2.75, 3.05) is 19.3 Å². The number of nitrogens with one attached hydrogen (secondary N) is 1. The van der Waals surface area contributed by atoms with Gasteiger partial charge in [-0.05, 0) is 12.8 Å². The van der Waals surface area contributed by atoms with E-state index in [-0.39, 0.29) is 6.04 Å². The number of nitrogens with zero attached hydrogens (tertiary/aromatic N) is 2. The zero-order chi connectivity index (χ0) is 9.90. The molecule has 0 bridgehead atoms. The second-order valence-electron chi connectivity index (χ2n) is 3.19.